The van der Waals surface area contributed by atoms with Crippen LogP contribution in [0.15, 0.2) is 33.4 Å². The van der Waals surface area contributed by atoms with E-state index < -0.39 is 0 Å². The first-order chi connectivity index (χ1) is 6.68. The van der Waals surface area contributed by atoms with Crippen molar-refractivity contribution in [3.05, 3.63) is 34.7 Å². The first-order valence-corrected chi connectivity index (χ1v) is 4.63. The van der Waals surface area contributed by atoms with Crippen molar-refractivity contribution >= 4 is 21.8 Å². The van der Waals surface area contributed by atoms with E-state index in [0.717, 1.165) is 0 Å². The first kappa shape index (κ1) is 9.21. The number of nitrogen functional groups attached to an aromatic ring is 1. The maximum absolute atomic E-state index is 13.4. The molecule has 2 rings (SSSR count). The van der Waals surface area contributed by atoms with E-state index in [2.05, 4.69) is 25.6 Å². The topological polar surface area (TPSA) is 52.0 Å². The third-order valence-corrected chi connectivity index (χ3v) is 2.31. The summed E-state index contributed by atoms with van der Waals surface area (Å²) in [5, 5.41) is 3.48. The summed E-state index contributed by atoms with van der Waals surface area (Å²) in [5.74, 6) is -0.250. The van der Waals surface area contributed by atoms with E-state index in [1.54, 1.807) is 12.1 Å². The van der Waals surface area contributed by atoms with Crippen LogP contribution in [0.4, 0.5) is 10.3 Å². The molecule has 0 radical (unpaired) electrons. The predicted molar refractivity (Wildman–Crippen MR) is 54.0 cm³/mol. The molecule has 0 spiro atoms. The lowest BCUT2D eigenvalue weighted by molar-refractivity contribution is 0.436. The molecule has 1 aromatic carbocycles. The van der Waals surface area contributed by atoms with Crippen molar-refractivity contribution in [2.24, 2.45) is 0 Å². The zero-order valence-corrected chi connectivity index (χ0v) is 8.58. The van der Waals surface area contributed by atoms with Crippen LogP contribution < -0.4 is 5.73 Å². The average molecular weight is 257 g/mol. The number of benzene rings is 1. The highest BCUT2D eigenvalue weighted by atomic mass is 79.9. The minimum absolute atomic E-state index is 0.117. The molecule has 0 amide bonds. The highest BCUT2D eigenvalue weighted by Gasteiger charge is 2.11. The summed E-state index contributed by atoms with van der Waals surface area (Å²) in [6.07, 6.45) is 1.39. The van der Waals surface area contributed by atoms with Crippen LogP contribution in [0.5, 0.6) is 0 Å². The van der Waals surface area contributed by atoms with E-state index in [9.17, 15) is 4.39 Å². The molecule has 0 bridgehead atoms. The molecule has 5 heteroatoms. The molecule has 2 N–H and O–H groups in total. The predicted octanol–water partition coefficient (Wildman–Crippen LogP) is 2.83. The lowest BCUT2D eigenvalue weighted by Crippen LogP contribution is -1.88. The van der Waals surface area contributed by atoms with Crippen molar-refractivity contribution in [2.45, 2.75) is 0 Å². The third-order valence-electron chi connectivity index (χ3n) is 1.82. The lowest BCUT2D eigenvalue weighted by atomic mass is 10.1. The maximum atomic E-state index is 13.4. The van der Waals surface area contributed by atoms with Crippen molar-refractivity contribution < 1.29 is 8.91 Å². The molecular formula is C9H6BrFN2O. The fourth-order valence-corrected chi connectivity index (χ4v) is 1.49. The summed E-state index contributed by atoms with van der Waals surface area (Å²) in [4.78, 5) is 0. The van der Waals surface area contributed by atoms with Gasteiger partial charge in [-0.2, -0.15) is 0 Å². The van der Waals surface area contributed by atoms with Crippen LogP contribution in [0.25, 0.3) is 11.1 Å². The first-order valence-electron chi connectivity index (χ1n) is 3.84. The highest BCUT2D eigenvalue weighted by molar-refractivity contribution is 9.10. The Balaban J connectivity index is 2.58. The molecule has 0 aliphatic carbocycles. The van der Waals surface area contributed by atoms with Gasteiger partial charge in [-0.05, 0) is 12.1 Å². The molecule has 0 unspecified atom stereocenters. The van der Waals surface area contributed by atoms with E-state index in [0.29, 0.717) is 15.6 Å². The largest absolute Gasteiger partial charge is 0.367 e. The average Bonchev–Trinajstić information content (AvgIpc) is 2.52. The quantitative estimate of drug-likeness (QED) is 0.854. The number of nitrogens with two attached hydrogens (primary N) is 1. The Morgan fingerprint density at radius 2 is 2.14 bits per heavy atom. The van der Waals surface area contributed by atoms with E-state index in [1.807, 2.05) is 0 Å². The number of aromatic nitrogens is 1. The Labute approximate surface area is 87.8 Å². The summed E-state index contributed by atoms with van der Waals surface area (Å²) >= 11 is 3.17. The van der Waals surface area contributed by atoms with Crippen molar-refractivity contribution in [1.29, 1.82) is 0 Å². The van der Waals surface area contributed by atoms with E-state index in [-0.39, 0.29) is 11.7 Å². The number of anilines is 1. The van der Waals surface area contributed by atoms with Gasteiger partial charge in [0.05, 0.1) is 11.8 Å². The second kappa shape index (κ2) is 3.42. The minimum atomic E-state index is -0.366. The summed E-state index contributed by atoms with van der Waals surface area (Å²) in [6.45, 7) is 0. The monoisotopic (exact) mass is 256 g/mol. The standard InChI is InChI=1S/C9H6BrFN2O/c10-5-1-2-6(8(11)3-5)7-4-13-14-9(7)12/h1-4H,12H2. The SMILES string of the molecule is Nc1oncc1-c1ccc(Br)cc1F. The molecule has 0 aliphatic heterocycles. The lowest BCUT2D eigenvalue weighted by Gasteiger charge is -2.00. The summed E-state index contributed by atoms with van der Waals surface area (Å²) in [5.41, 5.74) is 6.32. The van der Waals surface area contributed by atoms with Gasteiger partial charge < -0.3 is 10.3 Å². The molecule has 0 atom stereocenters. The Bertz CT molecular complexity index is 470. The van der Waals surface area contributed by atoms with Gasteiger partial charge in [0.25, 0.3) is 0 Å². The van der Waals surface area contributed by atoms with Crippen LogP contribution in [0.3, 0.4) is 0 Å². The molecule has 14 heavy (non-hydrogen) atoms. The van der Waals surface area contributed by atoms with Crippen LogP contribution >= 0.6 is 15.9 Å². The summed E-state index contributed by atoms with van der Waals surface area (Å²) in [6, 6.07) is 4.70. The Kier molecular flexibility index (Phi) is 2.25. The minimum Gasteiger partial charge on any atom is -0.367 e. The molecule has 0 aliphatic rings. The number of nitrogens with zero attached hydrogens (tertiary/aromatic N) is 1. The fraction of sp³-hybridized carbons (Fsp3) is 0. The van der Waals surface area contributed by atoms with Gasteiger partial charge in [0.15, 0.2) is 0 Å². The number of rotatable bonds is 1. The van der Waals surface area contributed by atoms with Gasteiger partial charge >= 0.3 is 0 Å². The molecule has 1 aromatic heterocycles. The number of hydrogen-bond donors (Lipinski definition) is 1. The maximum Gasteiger partial charge on any atom is 0.230 e. The van der Waals surface area contributed by atoms with Gasteiger partial charge in [0, 0.05) is 10.0 Å². The van der Waals surface area contributed by atoms with Crippen LogP contribution in [-0.2, 0) is 0 Å². The molecule has 1 heterocycles. The van der Waals surface area contributed by atoms with Gasteiger partial charge in [-0.3, -0.25) is 0 Å². The van der Waals surface area contributed by atoms with E-state index in [1.165, 1.54) is 12.3 Å². The Hall–Kier alpha value is -1.36. The second-order valence-electron chi connectivity index (χ2n) is 2.73. The van der Waals surface area contributed by atoms with Gasteiger partial charge in [-0.1, -0.05) is 27.2 Å². The van der Waals surface area contributed by atoms with Crippen molar-refractivity contribution in [3.8, 4) is 11.1 Å². The fourth-order valence-electron chi connectivity index (χ4n) is 1.16. The number of hydrogen-bond acceptors (Lipinski definition) is 3. The van der Waals surface area contributed by atoms with Crippen molar-refractivity contribution in [1.82, 2.24) is 5.16 Å². The molecule has 0 saturated carbocycles. The van der Waals surface area contributed by atoms with Gasteiger partial charge in [0.1, 0.15) is 5.82 Å². The Morgan fingerprint density at radius 1 is 1.36 bits per heavy atom. The second-order valence-corrected chi connectivity index (χ2v) is 3.64. The normalized spacial score (nSPS) is 10.4. The Morgan fingerprint density at radius 3 is 2.71 bits per heavy atom. The molecule has 72 valence electrons. The van der Waals surface area contributed by atoms with E-state index in [4.69, 9.17) is 5.73 Å². The smallest absolute Gasteiger partial charge is 0.230 e. The van der Waals surface area contributed by atoms with Crippen molar-refractivity contribution in [2.75, 3.05) is 5.73 Å². The third kappa shape index (κ3) is 1.50. The molecular weight excluding hydrogens is 251 g/mol. The molecule has 0 saturated heterocycles. The zero-order chi connectivity index (χ0) is 10.1. The number of halogens is 2. The molecule has 0 fully saturated rings. The molecule has 3 nitrogen and oxygen atoms in total. The van der Waals surface area contributed by atoms with Crippen LogP contribution in [0, 0.1) is 5.82 Å². The van der Waals surface area contributed by atoms with Crippen LogP contribution in [0.1, 0.15) is 0 Å². The van der Waals surface area contributed by atoms with Crippen molar-refractivity contribution in [3.63, 3.8) is 0 Å². The van der Waals surface area contributed by atoms with E-state index >= 15 is 0 Å². The van der Waals surface area contributed by atoms with Gasteiger partial charge in [-0.15, -0.1) is 0 Å². The summed E-state index contributed by atoms with van der Waals surface area (Å²) in [7, 11) is 0. The van der Waals surface area contributed by atoms with Crippen LogP contribution in [-0.4, -0.2) is 5.16 Å². The highest BCUT2D eigenvalue weighted by Crippen LogP contribution is 2.29. The van der Waals surface area contributed by atoms with Gasteiger partial charge in [-0.25, -0.2) is 4.39 Å². The molecule has 2 aromatic rings. The van der Waals surface area contributed by atoms with Gasteiger partial charge in [0.2, 0.25) is 5.88 Å². The van der Waals surface area contributed by atoms with Crippen LogP contribution in [0.2, 0.25) is 0 Å². The summed E-state index contributed by atoms with van der Waals surface area (Å²) < 4.78 is 18.8. The zero-order valence-electron chi connectivity index (χ0n) is 7.00.